The molecular weight excluding hydrogens is 214 g/mol. The highest BCUT2D eigenvalue weighted by Gasteiger charge is 2.16. The van der Waals surface area contributed by atoms with Crippen LogP contribution in [-0.4, -0.2) is 17.6 Å². The van der Waals surface area contributed by atoms with E-state index in [2.05, 4.69) is 37.3 Å². The Kier molecular flexibility index (Phi) is 4.37. The maximum Gasteiger partial charge on any atom is 0.140 e. The van der Waals surface area contributed by atoms with Gasteiger partial charge in [0.15, 0.2) is 0 Å². The van der Waals surface area contributed by atoms with Crippen molar-refractivity contribution in [1.82, 2.24) is 0 Å². The fourth-order valence-electron chi connectivity index (χ4n) is 1.67. The summed E-state index contributed by atoms with van der Waals surface area (Å²) in [4.78, 5) is 0. The largest absolute Gasteiger partial charge is 0.409 e. The Morgan fingerprint density at radius 1 is 1.35 bits per heavy atom. The average Bonchev–Trinajstić information content (AvgIpc) is 2.28. The number of amidine groups is 1. The zero-order valence-electron chi connectivity index (χ0n) is 10.7. The molecule has 4 nitrogen and oxygen atoms in total. The molecule has 0 aliphatic rings. The van der Waals surface area contributed by atoms with Gasteiger partial charge >= 0.3 is 0 Å². The van der Waals surface area contributed by atoms with Gasteiger partial charge in [-0.05, 0) is 17.0 Å². The van der Waals surface area contributed by atoms with E-state index in [4.69, 9.17) is 10.9 Å². The van der Waals surface area contributed by atoms with Crippen molar-refractivity contribution in [3.05, 3.63) is 29.8 Å². The van der Waals surface area contributed by atoms with Crippen molar-refractivity contribution in [2.24, 2.45) is 10.9 Å². The number of hydrogen-bond acceptors (Lipinski definition) is 3. The summed E-state index contributed by atoms with van der Waals surface area (Å²) in [6, 6.07) is 8.20. The molecule has 1 aromatic carbocycles. The van der Waals surface area contributed by atoms with Gasteiger partial charge in [-0.25, -0.2) is 0 Å². The van der Waals surface area contributed by atoms with Crippen LogP contribution in [-0.2, 0) is 5.41 Å². The van der Waals surface area contributed by atoms with E-state index in [1.54, 1.807) is 0 Å². The monoisotopic (exact) mass is 235 g/mol. The summed E-state index contributed by atoms with van der Waals surface area (Å²) in [6.07, 6.45) is 0.523. The number of nitrogens with one attached hydrogen (secondary N) is 1. The van der Waals surface area contributed by atoms with Gasteiger partial charge in [-0.2, -0.15) is 0 Å². The first kappa shape index (κ1) is 13.4. The number of nitrogens with two attached hydrogens (primary N) is 1. The lowest BCUT2D eigenvalue weighted by molar-refractivity contribution is 0.317. The predicted octanol–water partition coefficient (Wildman–Crippen LogP) is 2.53. The van der Waals surface area contributed by atoms with Crippen LogP contribution in [0.4, 0.5) is 5.69 Å². The van der Waals surface area contributed by atoms with Crippen molar-refractivity contribution >= 4 is 11.5 Å². The first-order chi connectivity index (χ1) is 7.95. The molecule has 0 fully saturated rings. The molecule has 0 aromatic heterocycles. The molecule has 0 atom stereocenters. The average molecular weight is 235 g/mol. The molecule has 0 aliphatic heterocycles. The van der Waals surface area contributed by atoms with Gasteiger partial charge in [-0.1, -0.05) is 44.1 Å². The van der Waals surface area contributed by atoms with Crippen LogP contribution in [0.15, 0.2) is 29.4 Å². The molecule has 0 saturated carbocycles. The third-order valence-electron chi connectivity index (χ3n) is 2.56. The molecule has 0 heterocycles. The van der Waals surface area contributed by atoms with E-state index in [-0.39, 0.29) is 11.3 Å². The van der Waals surface area contributed by atoms with Crippen molar-refractivity contribution in [2.75, 3.05) is 11.9 Å². The number of rotatable bonds is 4. The number of hydrogen-bond donors (Lipinski definition) is 3. The molecule has 0 aliphatic carbocycles. The summed E-state index contributed by atoms with van der Waals surface area (Å²) >= 11 is 0. The van der Waals surface area contributed by atoms with Gasteiger partial charge in [0.05, 0.1) is 0 Å². The van der Waals surface area contributed by atoms with Crippen molar-refractivity contribution in [1.29, 1.82) is 0 Å². The second-order valence-electron chi connectivity index (χ2n) is 5.06. The van der Waals surface area contributed by atoms with Gasteiger partial charge in [0.2, 0.25) is 0 Å². The zero-order chi connectivity index (χ0) is 12.9. The summed E-state index contributed by atoms with van der Waals surface area (Å²) in [6.45, 7) is 7.19. The van der Waals surface area contributed by atoms with Crippen LogP contribution in [0.3, 0.4) is 0 Å². The standard InChI is InChI=1S/C13H21N3O/c1-13(2,3)10-6-4-5-7-11(10)15-9-8-12(14)16-17/h4-7,15,17H,8-9H2,1-3H3,(H2,14,16). The van der Waals surface area contributed by atoms with Gasteiger partial charge in [0.1, 0.15) is 5.84 Å². The lowest BCUT2D eigenvalue weighted by Crippen LogP contribution is -2.19. The topological polar surface area (TPSA) is 70.6 Å². The predicted molar refractivity (Wildman–Crippen MR) is 71.7 cm³/mol. The Balaban J connectivity index is 2.71. The molecule has 4 heteroatoms. The van der Waals surface area contributed by atoms with Crippen LogP contribution in [0, 0.1) is 0 Å². The van der Waals surface area contributed by atoms with E-state index in [1.807, 2.05) is 18.2 Å². The first-order valence-electron chi connectivity index (χ1n) is 5.75. The van der Waals surface area contributed by atoms with Crippen LogP contribution in [0.2, 0.25) is 0 Å². The van der Waals surface area contributed by atoms with Gasteiger partial charge in [-0.3, -0.25) is 0 Å². The fraction of sp³-hybridized carbons (Fsp3) is 0.462. The van der Waals surface area contributed by atoms with Crippen molar-refractivity contribution < 1.29 is 5.21 Å². The molecule has 0 radical (unpaired) electrons. The second kappa shape index (κ2) is 5.57. The minimum atomic E-state index is 0.0974. The van der Waals surface area contributed by atoms with Gasteiger partial charge in [-0.15, -0.1) is 0 Å². The Morgan fingerprint density at radius 3 is 2.59 bits per heavy atom. The smallest absolute Gasteiger partial charge is 0.140 e. The number of benzene rings is 1. The highest BCUT2D eigenvalue weighted by atomic mass is 16.4. The molecule has 1 aromatic rings. The summed E-state index contributed by atoms with van der Waals surface area (Å²) in [7, 11) is 0. The van der Waals surface area contributed by atoms with Crippen LogP contribution in [0.1, 0.15) is 32.8 Å². The van der Waals surface area contributed by atoms with Crippen LogP contribution < -0.4 is 11.1 Å². The normalized spacial score (nSPS) is 12.5. The maximum atomic E-state index is 8.45. The Morgan fingerprint density at radius 2 is 2.00 bits per heavy atom. The van der Waals surface area contributed by atoms with Gasteiger partial charge in [0, 0.05) is 18.7 Å². The molecule has 0 saturated heterocycles. The third-order valence-corrected chi connectivity index (χ3v) is 2.56. The van der Waals surface area contributed by atoms with E-state index in [1.165, 1.54) is 5.56 Å². The van der Waals surface area contributed by atoms with Crippen LogP contribution in [0.25, 0.3) is 0 Å². The molecule has 94 valence electrons. The molecule has 1 rings (SSSR count). The molecule has 0 amide bonds. The van der Waals surface area contributed by atoms with Crippen molar-refractivity contribution in [2.45, 2.75) is 32.6 Å². The van der Waals surface area contributed by atoms with E-state index in [0.717, 1.165) is 5.69 Å². The highest BCUT2D eigenvalue weighted by Crippen LogP contribution is 2.28. The summed E-state index contributed by atoms with van der Waals surface area (Å²) in [5.41, 5.74) is 7.88. The minimum absolute atomic E-state index is 0.0974. The fourth-order valence-corrected chi connectivity index (χ4v) is 1.67. The van der Waals surface area contributed by atoms with E-state index in [0.29, 0.717) is 13.0 Å². The molecule has 0 unspecified atom stereocenters. The minimum Gasteiger partial charge on any atom is -0.409 e. The number of anilines is 1. The Bertz CT molecular complexity index is 394. The van der Waals surface area contributed by atoms with Crippen LogP contribution >= 0.6 is 0 Å². The highest BCUT2D eigenvalue weighted by molar-refractivity contribution is 5.80. The summed E-state index contributed by atoms with van der Waals surface area (Å²) < 4.78 is 0. The SMILES string of the molecule is CC(C)(C)c1ccccc1NCCC(N)=NO. The Hall–Kier alpha value is -1.71. The molecule has 0 spiro atoms. The van der Waals surface area contributed by atoms with Crippen molar-refractivity contribution in [3.63, 3.8) is 0 Å². The lowest BCUT2D eigenvalue weighted by atomic mass is 9.86. The van der Waals surface area contributed by atoms with E-state index >= 15 is 0 Å². The quantitative estimate of drug-likeness (QED) is 0.325. The summed E-state index contributed by atoms with van der Waals surface area (Å²) in [5.74, 6) is 0.241. The molecular formula is C13H21N3O. The third kappa shape index (κ3) is 3.98. The summed E-state index contributed by atoms with van der Waals surface area (Å²) in [5, 5.41) is 14.7. The second-order valence-corrected chi connectivity index (χ2v) is 5.06. The van der Waals surface area contributed by atoms with E-state index < -0.39 is 0 Å². The van der Waals surface area contributed by atoms with Gasteiger partial charge in [0.25, 0.3) is 0 Å². The zero-order valence-corrected chi connectivity index (χ0v) is 10.7. The maximum absolute atomic E-state index is 8.45. The molecule has 4 N–H and O–H groups in total. The van der Waals surface area contributed by atoms with Crippen molar-refractivity contribution in [3.8, 4) is 0 Å². The molecule has 0 bridgehead atoms. The van der Waals surface area contributed by atoms with E-state index in [9.17, 15) is 0 Å². The number of nitrogens with zero attached hydrogens (tertiary/aromatic N) is 1. The van der Waals surface area contributed by atoms with Gasteiger partial charge < -0.3 is 16.3 Å². The Labute approximate surface area is 103 Å². The molecule has 17 heavy (non-hydrogen) atoms. The number of oxime groups is 1. The first-order valence-corrected chi connectivity index (χ1v) is 5.75. The van der Waals surface area contributed by atoms with Crippen LogP contribution in [0.5, 0.6) is 0 Å². The lowest BCUT2D eigenvalue weighted by Gasteiger charge is -2.23. The number of para-hydroxylation sites is 1.